The van der Waals surface area contributed by atoms with Gasteiger partial charge in [0.05, 0.1) is 6.61 Å². The molecule has 0 aliphatic rings. The zero-order valence-corrected chi connectivity index (χ0v) is 32.9. The Morgan fingerprint density at radius 1 is 0.480 bits per heavy atom. The number of ether oxygens (including phenoxy) is 2. The third-order valence-electron chi connectivity index (χ3n) is 9.11. The molecular weight excluding hydrogens is 620 g/mol. The molecule has 0 heterocycles. The summed E-state index contributed by atoms with van der Waals surface area (Å²) in [5, 5.41) is 9.57. The van der Waals surface area contributed by atoms with E-state index in [2.05, 4.69) is 62.5 Å². The molecule has 0 fully saturated rings. The Kier molecular flexibility index (Phi) is 39.5. The fraction of sp³-hybridized carbons (Fsp3) is 0.778. The quantitative estimate of drug-likeness (QED) is 0.0394. The van der Waals surface area contributed by atoms with Gasteiger partial charge in [-0.15, -0.1) is 0 Å². The van der Waals surface area contributed by atoms with E-state index in [0.717, 1.165) is 70.6 Å². The van der Waals surface area contributed by atoms with Crippen molar-refractivity contribution >= 4 is 11.9 Å². The van der Waals surface area contributed by atoms with Gasteiger partial charge in [-0.3, -0.25) is 9.59 Å². The van der Waals surface area contributed by atoms with E-state index in [1.54, 1.807) is 0 Å². The number of aliphatic hydroxyl groups is 1. The zero-order chi connectivity index (χ0) is 36.4. The van der Waals surface area contributed by atoms with E-state index in [9.17, 15) is 14.7 Å². The van der Waals surface area contributed by atoms with Crippen molar-refractivity contribution in [1.82, 2.24) is 0 Å². The zero-order valence-electron chi connectivity index (χ0n) is 32.9. The SMILES string of the molecule is CCC=CCC=CCC=CCCCCCCCC(=O)O[C@@H](CO)COC(=O)CCCCCCCCCCCCCC=CCCCCCCCC. The van der Waals surface area contributed by atoms with E-state index in [0.29, 0.717) is 12.8 Å². The Hall–Kier alpha value is -2.14. The van der Waals surface area contributed by atoms with E-state index >= 15 is 0 Å². The first-order chi connectivity index (χ1) is 24.6. The summed E-state index contributed by atoms with van der Waals surface area (Å²) >= 11 is 0. The minimum absolute atomic E-state index is 0.0732. The predicted molar refractivity (Wildman–Crippen MR) is 214 cm³/mol. The second-order valence-electron chi connectivity index (χ2n) is 14.0. The average molecular weight is 701 g/mol. The molecular formula is C45H80O5. The van der Waals surface area contributed by atoms with E-state index in [-0.39, 0.29) is 25.2 Å². The second kappa shape index (κ2) is 41.3. The van der Waals surface area contributed by atoms with Gasteiger partial charge in [-0.2, -0.15) is 0 Å². The molecule has 0 saturated heterocycles. The molecule has 1 N–H and O–H groups in total. The molecule has 0 aromatic heterocycles. The summed E-state index contributed by atoms with van der Waals surface area (Å²) < 4.78 is 10.6. The Bertz CT molecular complexity index is 842. The first-order valence-electron chi connectivity index (χ1n) is 21.2. The Balaban J connectivity index is 3.54. The van der Waals surface area contributed by atoms with Crippen molar-refractivity contribution in [2.24, 2.45) is 0 Å². The van der Waals surface area contributed by atoms with Gasteiger partial charge in [-0.05, 0) is 70.6 Å². The summed E-state index contributed by atoms with van der Waals surface area (Å²) in [7, 11) is 0. The van der Waals surface area contributed by atoms with Gasteiger partial charge >= 0.3 is 11.9 Å². The lowest BCUT2D eigenvalue weighted by molar-refractivity contribution is -0.161. The summed E-state index contributed by atoms with van der Waals surface area (Å²) in [5.74, 6) is -0.609. The number of allylic oxidation sites excluding steroid dienone is 8. The van der Waals surface area contributed by atoms with Crippen LogP contribution in [0, 0.1) is 0 Å². The maximum absolute atomic E-state index is 12.2. The van der Waals surface area contributed by atoms with Gasteiger partial charge in [0.15, 0.2) is 6.10 Å². The van der Waals surface area contributed by atoms with Crippen LogP contribution in [0.15, 0.2) is 48.6 Å². The van der Waals surface area contributed by atoms with Crippen LogP contribution in [0.4, 0.5) is 0 Å². The molecule has 0 bridgehead atoms. The number of hydrogen-bond acceptors (Lipinski definition) is 5. The molecule has 0 saturated carbocycles. The third kappa shape index (κ3) is 38.7. The molecule has 0 aliphatic heterocycles. The summed E-state index contributed by atoms with van der Waals surface area (Å²) in [6.45, 7) is 4.01. The van der Waals surface area contributed by atoms with Crippen molar-refractivity contribution in [3.63, 3.8) is 0 Å². The maximum atomic E-state index is 12.2. The van der Waals surface area contributed by atoms with Crippen molar-refractivity contribution < 1.29 is 24.2 Å². The largest absolute Gasteiger partial charge is 0.462 e. The smallest absolute Gasteiger partial charge is 0.306 e. The van der Waals surface area contributed by atoms with Crippen molar-refractivity contribution in [2.75, 3.05) is 13.2 Å². The van der Waals surface area contributed by atoms with Crippen molar-refractivity contribution in [1.29, 1.82) is 0 Å². The van der Waals surface area contributed by atoms with Crippen LogP contribution in [0.2, 0.25) is 0 Å². The Morgan fingerprint density at radius 3 is 1.32 bits per heavy atom. The number of esters is 2. The molecule has 50 heavy (non-hydrogen) atoms. The topological polar surface area (TPSA) is 72.8 Å². The lowest BCUT2D eigenvalue weighted by Gasteiger charge is -2.15. The van der Waals surface area contributed by atoms with Crippen LogP contribution in [-0.2, 0) is 19.1 Å². The van der Waals surface area contributed by atoms with Gasteiger partial charge in [-0.25, -0.2) is 0 Å². The van der Waals surface area contributed by atoms with Gasteiger partial charge in [0.2, 0.25) is 0 Å². The third-order valence-corrected chi connectivity index (χ3v) is 9.11. The van der Waals surface area contributed by atoms with Gasteiger partial charge < -0.3 is 14.6 Å². The number of hydrogen-bond donors (Lipinski definition) is 1. The van der Waals surface area contributed by atoms with Crippen LogP contribution in [-0.4, -0.2) is 36.4 Å². The molecule has 0 rings (SSSR count). The van der Waals surface area contributed by atoms with Crippen LogP contribution in [0.25, 0.3) is 0 Å². The van der Waals surface area contributed by atoms with E-state index in [1.807, 2.05) is 0 Å². The molecule has 0 aliphatic carbocycles. The molecule has 0 spiro atoms. The first-order valence-corrected chi connectivity index (χ1v) is 21.2. The number of unbranched alkanes of at least 4 members (excludes halogenated alkanes) is 22. The highest BCUT2D eigenvalue weighted by Gasteiger charge is 2.16. The molecule has 0 radical (unpaired) electrons. The molecule has 0 aromatic rings. The van der Waals surface area contributed by atoms with Gasteiger partial charge in [-0.1, -0.05) is 172 Å². The highest BCUT2D eigenvalue weighted by molar-refractivity contribution is 5.70. The summed E-state index contributed by atoms with van der Waals surface area (Å²) in [5.41, 5.74) is 0. The van der Waals surface area contributed by atoms with Crippen LogP contribution in [0.5, 0.6) is 0 Å². The molecule has 0 amide bonds. The van der Waals surface area contributed by atoms with Crippen molar-refractivity contribution in [3.8, 4) is 0 Å². The highest BCUT2D eigenvalue weighted by atomic mass is 16.6. The Morgan fingerprint density at radius 2 is 0.860 bits per heavy atom. The minimum Gasteiger partial charge on any atom is -0.462 e. The summed E-state index contributed by atoms with van der Waals surface area (Å²) in [4.78, 5) is 24.3. The highest BCUT2D eigenvalue weighted by Crippen LogP contribution is 2.14. The van der Waals surface area contributed by atoms with Gasteiger partial charge in [0, 0.05) is 12.8 Å². The standard InChI is InChI=1S/C45H80O5/c1-3-5-7-9-11-13-15-17-19-20-21-22-23-24-26-27-29-31-33-35-37-39-44(47)49-42-43(41-46)50-45(48)40-38-36-34-32-30-28-25-18-16-14-12-10-8-6-4-2/h6,8,12,14,17-19,25,43,46H,3-5,7,9-11,13,15-16,20-24,26-42H2,1-2H3/t43-/m0/s1. The predicted octanol–water partition coefficient (Wildman–Crippen LogP) is 13.4. The second-order valence-corrected chi connectivity index (χ2v) is 14.0. The number of aliphatic hydroxyl groups excluding tert-OH is 1. The molecule has 290 valence electrons. The average Bonchev–Trinajstić information content (AvgIpc) is 3.12. The van der Waals surface area contributed by atoms with Crippen LogP contribution in [0.1, 0.15) is 206 Å². The van der Waals surface area contributed by atoms with E-state index < -0.39 is 6.10 Å². The monoisotopic (exact) mass is 701 g/mol. The van der Waals surface area contributed by atoms with Crippen molar-refractivity contribution in [3.05, 3.63) is 48.6 Å². The summed E-state index contributed by atoms with van der Waals surface area (Å²) in [6, 6.07) is 0. The fourth-order valence-corrected chi connectivity index (χ4v) is 5.92. The number of carbonyl (C=O) groups excluding carboxylic acids is 2. The van der Waals surface area contributed by atoms with E-state index in [1.165, 1.54) is 109 Å². The molecule has 0 unspecified atom stereocenters. The summed E-state index contributed by atoms with van der Waals surface area (Å²) in [6.07, 6.45) is 51.8. The lowest BCUT2D eigenvalue weighted by Crippen LogP contribution is -2.28. The van der Waals surface area contributed by atoms with Gasteiger partial charge in [0.1, 0.15) is 6.61 Å². The minimum atomic E-state index is -0.780. The number of carbonyl (C=O) groups is 2. The van der Waals surface area contributed by atoms with Crippen LogP contribution >= 0.6 is 0 Å². The molecule has 5 nitrogen and oxygen atoms in total. The maximum Gasteiger partial charge on any atom is 0.306 e. The van der Waals surface area contributed by atoms with Crippen molar-refractivity contribution in [2.45, 2.75) is 213 Å². The van der Waals surface area contributed by atoms with Crippen LogP contribution in [0.3, 0.4) is 0 Å². The van der Waals surface area contributed by atoms with E-state index in [4.69, 9.17) is 9.47 Å². The molecule has 0 aromatic carbocycles. The fourth-order valence-electron chi connectivity index (χ4n) is 5.92. The van der Waals surface area contributed by atoms with Gasteiger partial charge in [0.25, 0.3) is 0 Å². The Labute approximate surface area is 309 Å². The van der Waals surface area contributed by atoms with Crippen LogP contribution < -0.4 is 0 Å². The lowest BCUT2D eigenvalue weighted by atomic mass is 10.0. The normalized spacial score (nSPS) is 12.6. The number of rotatable bonds is 38. The molecule has 5 heteroatoms. The first kappa shape index (κ1) is 47.9. The molecule has 1 atom stereocenters.